The molecular formula is C23H31Cl2N2OPTi. The van der Waals surface area contributed by atoms with E-state index < -0.39 is 17.0 Å². The van der Waals surface area contributed by atoms with E-state index in [9.17, 15) is 5.11 Å². The van der Waals surface area contributed by atoms with Gasteiger partial charge in [0.25, 0.3) is 0 Å². The van der Waals surface area contributed by atoms with E-state index in [-0.39, 0.29) is 5.41 Å². The molecule has 0 saturated carbocycles. The van der Waals surface area contributed by atoms with Crippen molar-refractivity contribution in [2.45, 2.75) is 52.4 Å². The van der Waals surface area contributed by atoms with Gasteiger partial charge in [-0.1, -0.05) is 59.7 Å². The number of hydrazone groups is 1. The van der Waals surface area contributed by atoms with Gasteiger partial charge in [0.1, 0.15) is 5.75 Å². The van der Waals surface area contributed by atoms with Crippen molar-refractivity contribution < 1.29 is 22.1 Å². The minimum atomic E-state index is -0.556. The van der Waals surface area contributed by atoms with Crippen LogP contribution < -0.4 is 10.6 Å². The van der Waals surface area contributed by atoms with E-state index in [2.05, 4.69) is 69.1 Å². The zero-order valence-corrected chi connectivity index (χ0v) is 22.2. The van der Waals surface area contributed by atoms with Gasteiger partial charge in [-0.25, -0.2) is 0 Å². The third-order valence-electron chi connectivity index (χ3n) is 4.98. The molecule has 2 aromatic rings. The summed E-state index contributed by atoms with van der Waals surface area (Å²) in [6.45, 7) is 10.6. The molecule has 0 spiro atoms. The van der Waals surface area contributed by atoms with Crippen molar-refractivity contribution >= 4 is 44.0 Å². The number of rotatable bonds is 4. The van der Waals surface area contributed by atoms with Crippen molar-refractivity contribution in [3.8, 4) is 5.75 Å². The van der Waals surface area contributed by atoms with Gasteiger partial charge in [-0.2, -0.15) is 5.10 Å². The first kappa shape index (κ1) is 25.7. The van der Waals surface area contributed by atoms with Gasteiger partial charge in [0.2, 0.25) is 0 Å². The molecule has 1 aliphatic heterocycles. The second-order valence-corrected chi connectivity index (χ2v) is 12.4. The predicted octanol–water partition coefficient (Wildman–Crippen LogP) is 5.82. The van der Waals surface area contributed by atoms with Crippen molar-refractivity contribution in [2.24, 2.45) is 5.10 Å². The summed E-state index contributed by atoms with van der Waals surface area (Å²) >= 11 is -0.556. The van der Waals surface area contributed by atoms with E-state index >= 15 is 0 Å². The topological polar surface area (TPSA) is 35.8 Å². The first-order valence-electron chi connectivity index (χ1n) is 10.2. The Labute approximate surface area is 199 Å². The Kier molecular flexibility index (Phi) is 10.7. The molecule has 7 heteroatoms. The van der Waals surface area contributed by atoms with Crippen molar-refractivity contribution in [2.75, 3.05) is 13.1 Å². The Balaban J connectivity index is 0.00000101. The van der Waals surface area contributed by atoms with E-state index in [0.717, 1.165) is 29.5 Å². The number of phenolic OH excluding ortho intramolecular Hbond substituents is 1. The van der Waals surface area contributed by atoms with E-state index in [0.29, 0.717) is 14.3 Å². The molecule has 1 fully saturated rings. The van der Waals surface area contributed by atoms with Crippen LogP contribution in [0.4, 0.5) is 0 Å². The molecule has 0 radical (unpaired) electrons. The molecule has 3 nitrogen and oxygen atoms in total. The number of phenols is 1. The molecule has 1 atom stereocenters. The SMILES string of the molecule is Cc1cc(Pc2ccccc2/C=N/N2CCCCC2)c(O)c(C(C)(C)C)c1.[Cl][Ti][Cl]. The van der Waals surface area contributed by atoms with Gasteiger partial charge in [-0.3, -0.25) is 5.01 Å². The second kappa shape index (κ2) is 12.5. The Hall–Kier alpha value is -0.566. The van der Waals surface area contributed by atoms with Crippen LogP contribution in [0.15, 0.2) is 41.5 Å². The van der Waals surface area contributed by atoms with Crippen LogP contribution in [0.1, 0.15) is 56.7 Å². The molecule has 2 aromatic carbocycles. The summed E-state index contributed by atoms with van der Waals surface area (Å²) in [5.74, 6) is 0.439. The van der Waals surface area contributed by atoms with Crippen LogP contribution in [0.5, 0.6) is 5.75 Å². The van der Waals surface area contributed by atoms with Gasteiger partial charge < -0.3 is 5.11 Å². The third-order valence-corrected chi connectivity index (χ3v) is 6.36. The molecule has 1 heterocycles. The van der Waals surface area contributed by atoms with E-state index in [1.807, 2.05) is 6.21 Å². The molecule has 0 bridgehead atoms. The number of hydrogen-bond acceptors (Lipinski definition) is 3. The number of benzene rings is 2. The van der Waals surface area contributed by atoms with Crippen LogP contribution in [-0.2, 0) is 22.4 Å². The van der Waals surface area contributed by atoms with Gasteiger partial charge in [-0.05, 0) is 48.5 Å². The molecular weight excluding hydrogens is 470 g/mol. The van der Waals surface area contributed by atoms with Gasteiger partial charge in [0.05, 0.1) is 6.21 Å². The molecule has 162 valence electrons. The summed E-state index contributed by atoms with van der Waals surface area (Å²) in [4.78, 5) is 0. The average molecular weight is 501 g/mol. The molecule has 0 aromatic heterocycles. The average Bonchev–Trinajstić information content (AvgIpc) is 2.70. The van der Waals surface area contributed by atoms with Crippen LogP contribution in [0.3, 0.4) is 0 Å². The minimum absolute atomic E-state index is 0.0788. The summed E-state index contributed by atoms with van der Waals surface area (Å²) in [5.41, 5.74) is 3.27. The van der Waals surface area contributed by atoms with E-state index in [1.165, 1.54) is 30.1 Å². The standard InChI is InChI=1S/C23H31N2OP.2ClH.Ti/c1-17-14-19(23(2,3)4)22(26)21(15-17)27-20-11-7-6-10-18(20)16-24-25-12-8-5-9-13-25;;;/h6-7,10-11,14-16,26-27H,5,8-9,12-13H2,1-4H3;2*1H;/q;;;+2/p-2/b24-16+;;;. The van der Waals surface area contributed by atoms with Crippen molar-refractivity contribution in [3.05, 3.63) is 53.1 Å². The molecule has 30 heavy (non-hydrogen) atoms. The first-order valence-corrected chi connectivity index (χ1v) is 15.5. The fourth-order valence-electron chi connectivity index (χ4n) is 3.45. The first-order chi connectivity index (χ1) is 14.3. The van der Waals surface area contributed by atoms with Crippen LogP contribution in [0.25, 0.3) is 0 Å². The monoisotopic (exact) mass is 500 g/mol. The number of aromatic hydroxyl groups is 1. The van der Waals surface area contributed by atoms with Gasteiger partial charge in [0.15, 0.2) is 0 Å². The zero-order chi connectivity index (χ0) is 22.1. The summed E-state index contributed by atoms with van der Waals surface area (Å²) in [6, 6.07) is 12.6. The van der Waals surface area contributed by atoms with E-state index in [1.54, 1.807) is 0 Å². The molecule has 1 unspecified atom stereocenters. The van der Waals surface area contributed by atoms with Crippen molar-refractivity contribution in [1.82, 2.24) is 5.01 Å². The van der Waals surface area contributed by atoms with Crippen molar-refractivity contribution in [3.63, 3.8) is 0 Å². The molecule has 0 amide bonds. The fourth-order valence-corrected chi connectivity index (χ4v) is 4.77. The number of piperidine rings is 1. The predicted molar refractivity (Wildman–Crippen MR) is 130 cm³/mol. The van der Waals surface area contributed by atoms with Gasteiger partial charge in [0, 0.05) is 29.5 Å². The van der Waals surface area contributed by atoms with Crippen LogP contribution in [0.2, 0.25) is 0 Å². The molecule has 1 saturated heterocycles. The van der Waals surface area contributed by atoms with Gasteiger partial charge >= 0.3 is 35.6 Å². The number of nitrogens with zero attached hydrogens (tertiary/aromatic N) is 2. The molecule has 3 rings (SSSR count). The zero-order valence-electron chi connectivity index (χ0n) is 18.2. The normalized spacial score (nSPS) is 14.8. The third kappa shape index (κ3) is 7.84. The maximum absolute atomic E-state index is 10.9. The van der Waals surface area contributed by atoms with E-state index in [4.69, 9.17) is 23.7 Å². The number of halogens is 2. The Morgan fingerprint density at radius 3 is 2.33 bits per heavy atom. The van der Waals surface area contributed by atoms with Crippen LogP contribution in [0, 0.1) is 6.92 Å². The summed E-state index contributed by atoms with van der Waals surface area (Å²) in [5, 5.41) is 20.0. The quantitative estimate of drug-likeness (QED) is 0.326. The maximum atomic E-state index is 10.9. The summed E-state index contributed by atoms with van der Waals surface area (Å²) < 4.78 is 0. The number of hydrogen-bond donors (Lipinski definition) is 1. The van der Waals surface area contributed by atoms with Crippen molar-refractivity contribution in [1.29, 1.82) is 0 Å². The summed E-state index contributed by atoms with van der Waals surface area (Å²) in [7, 11) is 10.2. The Morgan fingerprint density at radius 1 is 1.07 bits per heavy atom. The molecule has 0 aliphatic carbocycles. The van der Waals surface area contributed by atoms with Crippen LogP contribution in [-0.4, -0.2) is 29.4 Å². The second-order valence-electron chi connectivity index (χ2n) is 8.50. The Bertz CT molecular complexity index is 850. The van der Waals surface area contributed by atoms with Crippen LogP contribution >= 0.6 is 27.2 Å². The number of aryl methyl sites for hydroxylation is 1. The summed E-state index contributed by atoms with van der Waals surface area (Å²) in [6.07, 6.45) is 5.76. The van der Waals surface area contributed by atoms with Gasteiger partial charge in [-0.15, -0.1) is 0 Å². The fraction of sp³-hybridized carbons (Fsp3) is 0.435. The molecule has 1 N–H and O–H groups in total. The molecule has 1 aliphatic rings. The Morgan fingerprint density at radius 2 is 1.70 bits per heavy atom.